The van der Waals surface area contributed by atoms with E-state index >= 15 is 0 Å². The van der Waals surface area contributed by atoms with Crippen LogP contribution in [0.25, 0.3) is 0 Å². The first-order chi connectivity index (χ1) is 7.29. The van der Waals surface area contributed by atoms with E-state index in [-0.39, 0.29) is 35.6 Å². The zero-order valence-corrected chi connectivity index (χ0v) is 7.84. The van der Waals surface area contributed by atoms with Crippen molar-refractivity contribution in [2.24, 2.45) is 0 Å². The lowest BCUT2D eigenvalue weighted by Crippen LogP contribution is -2.44. The van der Waals surface area contributed by atoms with E-state index < -0.39 is 0 Å². The van der Waals surface area contributed by atoms with Crippen molar-refractivity contribution in [3.63, 3.8) is 0 Å². The number of ketones is 2. The van der Waals surface area contributed by atoms with Crippen molar-refractivity contribution in [3.8, 4) is 0 Å². The predicted octanol–water partition coefficient (Wildman–Crippen LogP) is 0.787. The van der Waals surface area contributed by atoms with Crippen LogP contribution in [0.3, 0.4) is 0 Å². The molecule has 0 spiro atoms. The molecule has 1 aliphatic heterocycles. The number of hydrogen-bond acceptors (Lipinski definition) is 3. The van der Waals surface area contributed by atoms with Crippen molar-refractivity contribution in [2.75, 3.05) is 0 Å². The zero-order chi connectivity index (χ0) is 10.2. The van der Waals surface area contributed by atoms with Gasteiger partial charge in [0.1, 0.15) is 0 Å². The van der Waals surface area contributed by atoms with E-state index in [9.17, 15) is 9.59 Å². The Morgan fingerprint density at radius 1 is 0.867 bits per heavy atom. The Bertz CT molecular complexity index is 460. The molecule has 74 valence electrons. The summed E-state index contributed by atoms with van der Waals surface area (Å²) in [5, 5.41) is 0. The summed E-state index contributed by atoms with van der Waals surface area (Å²) in [6.45, 7) is 0. The van der Waals surface area contributed by atoms with E-state index in [0.29, 0.717) is 0 Å². The first-order valence-electron chi connectivity index (χ1n) is 5.11. The lowest BCUT2D eigenvalue weighted by molar-refractivity contribution is -0.140. The number of benzene rings is 1. The molecule has 0 unspecified atom stereocenters. The van der Waals surface area contributed by atoms with Crippen molar-refractivity contribution in [2.45, 2.75) is 24.0 Å². The second-order valence-corrected chi connectivity index (χ2v) is 4.38. The molecule has 0 aromatic heterocycles. The highest BCUT2D eigenvalue weighted by Gasteiger charge is 2.65. The van der Waals surface area contributed by atoms with Crippen LogP contribution in [0.4, 0.5) is 0 Å². The molecule has 1 saturated carbocycles. The van der Waals surface area contributed by atoms with E-state index in [4.69, 9.17) is 4.74 Å². The molecular weight excluding hydrogens is 192 g/mol. The summed E-state index contributed by atoms with van der Waals surface area (Å²) in [5.74, 6) is -1.14. The molecule has 0 amide bonds. The highest BCUT2D eigenvalue weighted by molar-refractivity contribution is 6.43. The molecule has 3 heteroatoms. The number of fused-ring (bicyclic) bond motifs is 1. The van der Waals surface area contributed by atoms with Crippen LogP contribution in [0, 0.1) is 0 Å². The summed E-state index contributed by atoms with van der Waals surface area (Å²) in [6, 6.07) is 7.70. The molecule has 0 radical (unpaired) electrons. The third-order valence-corrected chi connectivity index (χ3v) is 3.69. The topological polar surface area (TPSA) is 46.7 Å². The summed E-state index contributed by atoms with van der Waals surface area (Å²) in [7, 11) is 0. The molecule has 1 heterocycles. The quantitative estimate of drug-likeness (QED) is 0.459. The lowest BCUT2D eigenvalue weighted by atomic mass is 9.66. The van der Waals surface area contributed by atoms with Crippen LogP contribution in [-0.2, 0) is 14.3 Å². The number of rotatable bonds is 0. The van der Waals surface area contributed by atoms with Crippen LogP contribution in [-0.4, -0.2) is 23.8 Å². The fourth-order valence-corrected chi connectivity index (χ4v) is 2.99. The van der Waals surface area contributed by atoms with Gasteiger partial charge in [-0.3, -0.25) is 9.59 Å². The van der Waals surface area contributed by atoms with Crippen LogP contribution in [0.2, 0.25) is 0 Å². The van der Waals surface area contributed by atoms with Gasteiger partial charge in [-0.15, -0.1) is 0 Å². The summed E-state index contributed by atoms with van der Waals surface area (Å²) < 4.78 is 5.45. The predicted molar refractivity (Wildman–Crippen MR) is 50.6 cm³/mol. The maximum atomic E-state index is 11.8. The van der Waals surface area contributed by atoms with Crippen LogP contribution in [0.15, 0.2) is 24.3 Å². The molecule has 1 aromatic carbocycles. The molecule has 4 atom stereocenters. The molecule has 3 nitrogen and oxygen atoms in total. The first kappa shape index (κ1) is 7.77. The Labute approximate surface area is 86.0 Å². The van der Waals surface area contributed by atoms with E-state index in [1.807, 2.05) is 24.3 Å². The number of carbonyl (C=O) groups excluding carboxylic acids is 2. The molecule has 5 rings (SSSR count). The lowest BCUT2D eigenvalue weighted by Gasteiger charge is -2.32. The van der Waals surface area contributed by atoms with Gasteiger partial charge >= 0.3 is 0 Å². The SMILES string of the molecule is O=C1C(=O)[C@H]2c3ccccc3[C@@H]1[C@H]1O[C@H]12. The number of epoxide rings is 1. The van der Waals surface area contributed by atoms with Gasteiger partial charge in [0, 0.05) is 0 Å². The minimum absolute atomic E-state index is 0.0184. The van der Waals surface area contributed by atoms with Crippen LogP contribution >= 0.6 is 0 Å². The summed E-state index contributed by atoms with van der Waals surface area (Å²) in [6.07, 6.45) is -0.0369. The average Bonchev–Trinajstić information content (AvgIpc) is 3.02. The van der Waals surface area contributed by atoms with Crippen LogP contribution < -0.4 is 0 Å². The van der Waals surface area contributed by atoms with Crippen molar-refractivity contribution < 1.29 is 14.3 Å². The molecule has 2 bridgehead atoms. The van der Waals surface area contributed by atoms with Crippen molar-refractivity contribution in [3.05, 3.63) is 35.4 Å². The molecular formula is C12H8O3. The average molecular weight is 200 g/mol. The standard InChI is InChI=1S/C12H8O3/c13-9-7-5-3-1-2-4-6(5)8(10(9)14)12-11(7)15-12/h1-4,7-8,11-12H/t7-,8+,11+,12-. The van der Waals surface area contributed by atoms with E-state index in [1.165, 1.54) is 0 Å². The molecule has 3 aliphatic carbocycles. The minimum Gasteiger partial charge on any atom is -0.367 e. The van der Waals surface area contributed by atoms with Crippen LogP contribution in [0.5, 0.6) is 0 Å². The van der Waals surface area contributed by atoms with E-state index in [2.05, 4.69) is 0 Å². The van der Waals surface area contributed by atoms with Gasteiger partial charge in [0.15, 0.2) is 0 Å². The Kier molecular flexibility index (Phi) is 1.14. The van der Waals surface area contributed by atoms with Crippen LogP contribution in [0.1, 0.15) is 23.0 Å². The van der Waals surface area contributed by atoms with Gasteiger partial charge in [-0.25, -0.2) is 0 Å². The second-order valence-electron chi connectivity index (χ2n) is 4.38. The fraction of sp³-hybridized carbons (Fsp3) is 0.333. The van der Waals surface area contributed by atoms with Gasteiger partial charge < -0.3 is 4.74 Å². The minimum atomic E-state index is -0.316. The van der Waals surface area contributed by atoms with Gasteiger partial charge in [-0.2, -0.15) is 0 Å². The Hall–Kier alpha value is -1.48. The number of hydrogen-bond donors (Lipinski definition) is 0. The molecule has 0 N–H and O–H groups in total. The van der Waals surface area contributed by atoms with Gasteiger partial charge in [0.05, 0.1) is 24.0 Å². The highest BCUT2D eigenvalue weighted by atomic mass is 16.6. The Balaban J connectivity index is 2.05. The van der Waals surface area contributed by atoms with Gasteiger partial charge in [0.2, 0.25) is 11.6 Å². The largest absolute Gasteiger partial charge is 0.367 e. The highest BCUT2D eigenvalue weighted by Crippen LogP contribution is 2.55. The molecule has 4 aliphatic rings. The first-order valence-corrected chi connectivity index (χ1v) is 5.11. The molecule has 1 aromatic rings. The summed E-state index contributed by atoms with van der Waals surface area (Å²) >= 11 is 0. The summed E-state index contributed by atoms with van der Waals surface area (Å²) in [5.41, 5.74) is 2.01. The van der Waals surface area contributed by atoms with E-state index in [1.54, 1.807) is 0 Å². The maximum absolute atomic E-state index is 11.8. The smallest absolute Gasteiger partial charge is 0.209 e. The number of ether oxygens (including phenoxy) is 1. The molecule has 1 saturated heterocycles. The van der Waals surface area contributed by atoms with Crippen molar-refractivity contribution in [1.29, 1.82) is 0 Å². The molecule has 2 fully saturated rings. The fourth-order valence-electron chi connectivity index (χ4n) is 2.99. The molecule has 15 heavy (non-hydrogen) atoms. The monoisotopic (exact) mass is 200 g/mol. The number of carbonyl (C=O) groups is 2. The third kappa shape index (κ3) is 0.732. The normalized spacial score (nSPS) is 40.0. The van der Waals surface area contributed by atoms with Crippen molar-refractivity contribution >= 4 is 11.6 Å². The number of Topliss-reactive ketones (excluding diaryl/α,β-unsaturated/α-hetero) is 2. The van der Waals surface area contributed by atoms with E-state index in [0.717, 1.165) is 11.1 Å². The zero-order valence-electron chi connectivity index (χ0n) is 7.84. The van der Waals surface area contributed by atoms with Crippen molar-refractivity contribution in [1.82, 2.24) is 0 Å². The van der Waals surface area contributed by atoms with Gasteiger partial charge in [-0.05, 0) is 11.1 Å². The maximum Gasteiger partial charge on any atom is 0.209 e. The summed E-state index contributed by atoms with van der Waals surface area (Å²) in [4.78, 5) is 23.5. The van der Waals surface area contributed by atoms with Gasteiger partial charge in [-0.1, -0.05) is 24.3 Å². The Morgan fingerprint density at radius 3 is 1.80 bits per heavy atom. The van der Waals surface area contributed by atoms with Gasteiger partial charge in [0.25, 0.3) is 0 Å². The Morgan fingerprint density at radius 2 is 1.33 bits per heavy atom. The third-order valence-electron chi connectivity index (χ3n) is 3.69. The second kappa shape index (κ2) is 2.19.